The molecule has 1 saturated heterocycles. The Morgan fingerprint density at radius 1 is 1.80 bits per heavy atom. The van der Waals surface area contributed by atoms with Crippen molar-refractivity contribution >= 4 is 28.5 Å². The number of amides is 1. The maximum absolute atomic E-state index is 10.8. The highest BCUT2D eigenvalue weighted by Crippen LogP contribution is 2.17. The van der Waals surface area contributed by atoms with Crippen LogP contribution in [0.3, 0.4) is 0 Å². The highest BCUT2D eigenvalue weighted by molar-refractivity contribution is 14.1. The first-order valence-electron chi connectivity index (χ1n) is 3.55. The number of carbonyl (C=O) groups is 1. The van der Waals surface area contributed by atoms with Crippen molar-refractivity contribution in [2.45, 2.75) is 13.3 Å². The van der Waals surface area contributed by atoms with Crippen molar-refractivity contribution in [2.24, 2.45) is 5.92 Å². The van der Waals surface area contributed by atoms with E-state index in [0.717, 1.165) is 19.0 Å². The summed E-state index contributed by atoms with van der Waals surface area (Å²) in [6, 6.07) is 0. The van der Waals surface area contributed by atoms with Gasteiger partial charge in [-0.3, -0.25) is 4.79 Å². The lowest BCUT2D eigenvalue weighted by Gasteiger charge is -2.12. The standard InChI is InChI=1S/C7H12INO/c1-6(10)9-3-2-7(4-8)5-9/h7H,2-5H2,1H3. The molecule has 0 spiro atoms. The fourth-order valence-electron chi connectivity index (χ4n) is 1.24. The van der Waals surface area contributed by atoms with Crippen LogP contribution in [0.4, 0.5) is 0 Å². The van der Waals surface area contributed by atoms with E-state index in [1.165, 1.54) is 10.8 Å². The molecule has 0 radical (unpaired) electrons. The first-order chi connectivity index (χ1) is 4.74. The first-order valence-corrected chi connectivity index (χ1v) is 5.08. The lowest BCUT2D eigenvalue weighted by Crippen LogP contribution is -2.25. The Hall–Kier alpha value is 0.200. The summed E-state index contributed by atoms with van der Waals surface area (Å²) in [5.74, 6) is 0.983. The number of likely N-dealkylation sites (tertiary alicyclic amines) is 1. The molecule has 2 nitrogen and oxygen atoms in total. The van der Waals surface area contributed by atoms with E-state index in [-0.39, 0.29) is 5.91 Å². The summed E-state index contributed by atoms with van der Waals surface area (Å²) < 4.78 is 1.18. The quantitative estimate of drug-likeness (QED) is 0.509. The number of hydrogen-bond acceptors (Lipinski definition) is 1. The van der Waals surface area contributed by atoms with Gasteiger partial charge in [0.15, 0.2) is 0 Å². The first kappa shape index (κ1) is 8.30. The lowest BCUT2D eigenvalue weighted by molar-refractivity contribution is -0.127. The second-order valence-corrected chi connectivity index (χ2v) is 3.65. The average Bonchev–Trinajstić information content (AvgIpc) is 2.34. The molecule has 3 heteroatoms. The van der Waals surface area contributed by atoms with Gasteiger partial charge in [0.1, 0.15) is 0 Å². The summed E-state index contributed by atoms with van der Waals surface area (Å²) >= 11 is 2.38. The van der Waals surface area contributed by atoms with Gasteiger partial charge in [0.05, 0.1) is 0 Å². The summed E-state index contributed by atoms with van der Waals surface area (Å²) in [6.45, 7) is 3.61. The SMILES string of the molecule is CC(=O)N1CCC(CI)C1. The van der Waals surface area contributed by atoms with Gasteiger partial charge in [-0.25, -0.2) is 0 Å². The molecule has 1 rings (SSSR count). The third-order valence-electron chi connectivity index (χ3n) is 1.95. The van der Waals surface area contributed by atoms with Crippen molar-refractivity contribution in [3.63, 3.8) is 0 Å². The topological polar surface area (TPSA) is 20.3 Å². The van der Waals surface area contributed by atoms with Gasteiger partial charge in [-0.2, -0.15) is 0 Å². The molecule has 58 valence electrons. The molecular formula is C7H12INO. The molecule has 1 amide bonds. The van der Waals surface area contributed by atoms with E-state index in [4.69, 9.17) is 0 Å². The van der Waals surface area contributed by atoms with Crippen LogP contribution >= 0.6 is 22.6 Å². The van der Waals surface area contributed by atoms with E-state index >= 15 is 0 Å². The largest absolute Gasteiger partial charge is 0.343 e. The third-order valence-corrected chi connectivity index (χ3v) is 3.20. The van der Waals surface area contributed by atoms with Crippen LogP contribution in [-0.4, -0.2) is 28.3 Å². The molecule has 1 atom stereocenters. The summed E-state index contributed by atoms with van der Waals surface area (Å²) in [5, 5.41) is 0. The fraction of sp³-hybridized carbons (Fsp3) is 0.857. The molecule has 1 fully saturated rings. The molecule has 1 aliphatic heterocycles. The van der Waals surface area contributed by atoms with Crippen molar-refractivity contribution in [1.82, 2.24) is 4.90 Å². The molecule has 0 aromatic heterocycles. The minimum atomic E-state index is 0.229. The predicted molar refractivity (Wildman–Crippen MR) is 49.2 cm³/mol. The van der Waals surface area contributed by atoms with Crippen LogP contribution in [0.25, 0.3) is 0 Å². The number of alkyl halides is 1. The van der Waals surface area contributed by atoms with Crippen LogP contribution in [0.5, 0.6) is 0 Å². The summed E-state index contributed by atoms with van der Waals surface area (Å²) in [7, 11) is 0. The van der Waals surface area contributed by atoms with Crippen molar-refractivity contribution in [2.75, 3.05) is 17.5 Å². The number of halogens is 1. The van der Waals surface area contributed by atoms with Gasteiger partial charge in [0.2, 0.25) is 5.91 Å². The van der Waals surface area contributed by atoms with E-state index in [0.29, 0.717) is 0 Å². The van der Waals surface area contributed by atoms with Gasteiger partial charge in [-0.15, -0.1) is 0 Å². The molecule has 0 saturated carbocycles. The van der Waals surface area contributed by atoms with E-state index in [1.54, 1.807) is 6.92 Å². The minimum absolute atomic E-state index is 0.229. The molecule has 1 heterocycles. The lowest BCUT2D eigenvalue weighted by atomic mass is 10.2. The Kier molecular flexibility index (Phi) is 2.95. The van der Waals surface area contributed by atoms with E-state index in [1.807, 2.05) is 4.90 Å². The van der Waals surface area contributed by atoms with E-state index in [9.17, 15) is 4.79 Å². The highest BCUT2D eigenvalue weighted by Gasteiger charge is 2.22. The van der Waals surface area contributed by atoms with Crippen LogP contribution < -0.4 is 0 Å². The minimum Gasteiger partial charge on any atom is -0.343 e. The zero-order valence-corrected chi connectivity index (χ0v) is 8.30. The van der Waals surface area contributed by atoms with Crippen LogP contribution in [0.1, 0.15) is 13.3 Å². The molecular weight excluding hydrogens is 241 g/mol. The average molecular weight is 253 g/mol. The van der Waals surface area contributed by atoms with Crippen molar-refractivity contribution in [3.8, 4) is 0 Å². The molecule has 0 aliphatic carbocycles. The van der Waals surface area contributed by atoms with Crippen LogP contribution in [0.15, 0.2) is 0 Å². The Balaban J connectivity index is 2.35. The number of hydrogen-bond donors (Lipinski definition) is 0. The monoisotopic (exact) mass is 253 g/mol. The van der Waals surface area contributed by atoms with Gasteiger partial charge >= 0.3 is 0 Å². The van der Waals surface area contributed by atoms with Crippen molar-refractivity contribution < 1.29 is 4.79 Å². The van der Waals surface area contributed by atoms with E-state index < -0.39 is 0 Å². The highest BCUT2D eigenvalue weighted by atomic mass is 127. The zero-order valence-electron chi connectivity index (χ0n) is 6.14. The molecule has 0 N–H and O–H groups in total. The summed E-state index contributed by atoms with van der Waals surface area (Å²) in [4.78, 5) is 12.8. The molecule has 10 heavy (non-hydrogen) atoms. The van der Waals surface area contributed by atoms with Gasteiger partial charge in [-0.1, -0.05) is 22.6 Å². The summed E-state index contributed by atoms with van der Waals surface area (Å²) in [6.07, 6.45) is 1.20. The number of carbonyl (C=O) groups excluding carboxylic acids is 1. The Morgan fingerprint density at radius 2 is 2.50 bits per heavy atom. The molecule has 0 aromatic carbocycles. The molecule has 0 bridgehead atoms. The molecule has 1 unspecified atom stereocenters. The Bertz CT molecular complexity index is 138. The second kappa shape index (κ2) is 3.55. The number of nitrogens with zero attached hydrogens (tertiary/aromatic N) is 1. The predicted octanol–water partition coefficient (Wildman–Crippen LogP) is 1.29. The van der Waals surface area contributed by atoms with E-state index in [2.05, 4.69) is 22.6 Å². The van der Waals surface area contributed by atoms with Gasteiger partial charge in [0.25, 0.3) is 0 Å². The van der Waals surface area contributed by atoms with Crippen LogP contribution in [0, 0.1) is 5.92 Å². The maximum Gasteiger partial charge on any atom is 0.219 e. The fourth-order valence-corrected chi connectivity index (χ4v) is 1.96. The Morgan fingerprint density at radius 3 is 2.80 bits per heavy atom. The zero-order chi connectivity index (χ0) is 7.56. The van der Waals surface area contributed by atoms with Gasteiger partial charge < -0.3 is 4.90 Å². The second-order valence-electron chi connectivity index (χ2n) is 2.77. The third kappa shape index (κ3) is 1.84. The summed E-state index contributed by atoms with van der Waals surface area (Å²) in [5.41, 5.74) is 0. The Labute approximate surface area is 75.1 Å². The normalized spacial score (nSPS) is 25.4. The van der Waals surface area contributed by atoms with Crippen molar-refractivity contribution in [3.05, 3.63) is 0 Å². The van der Waals surface area contributed by atoms with Crippen LogP contribution in [0.2, 0.25) is 0 Å². The maximum atomic E-state index is 10.8. The number of rotatable bonds is 1. The van der Waals surface area contributed by atoms with Crippen LogP contribution in [-0.2, 0) is 4.79 Å². The van der Waals surface area contributed by atoms with Gasteiger partial charge in [-0.05, 0) is 12.3 Å². The van der Waals surface area contributed by atoms with Gasteiger partial charge in [0, 0.05) is 24.4 Å². The van der Waals surface area contributed by atoms with Crippen molar-refractivity contribution in [1.29, 1.82) is 0 Å². The smallest absolute Gasteiger partial charge is 0.219 e. The molecule has 0 aromatic rings. The molecule has 1 aliphatic rings.